The van der Waals surface area contributed by atoms with E-state index in [1.165, 1.54) is 0 Å². The number of aromatic nitrogens is 3. The lowest BCUT2D eigenvalue weighted by Crippen LogP contribution is -2.57. The summed E-state index contributed by atoms with van der Waals surface area (Å²) in [6.07, 6.45) is 0.388. The Hall–Kier alpha value is -1.67. The zero-order chi connectivity index (χ0) is 15.0. The Kier molecular flexibility index (Phi) is 3.58. The number of rotatable bonds is 3. The minimum Gasteiger partial charge on any atom is -0.392 e. The van der Waals surface area contributed by atoms with Crippen molar-refractivity contribution < 1.29 is 9.84 Å². The van der Waals surface area contributed by atoms with Gasteiger partial charge in [-0.15, -0.1) is 0 Å². The summed E-state index contributed by atoms with van der Waals surface area (Å²) >= 11 is 0. The van der Waals surface area contributed by atoms with Crippen LogP contribution in [-0.2, 0) is 4.74 Å². The molecular formula is C13H22N6O2. The molecule has 2 atom stereocenters. The number of nitrogen functional groups attached to an aromatic ring is 1. The maximum absolute atomic E-state index is 9.80. The van der Waals surface area contributed by atoms with Gasteiger partial charge in [-0.05, 0) is 6.42 Å². The van der Waals surface area contributed by atoms with Gasteiger partial charge in [0, 0.05) is 24.5 Å². The summed E-state index contributed by atoms with van der Waals surface area (Å²) in [4.78, 5) is 14.8. The van der Waals surface area contributed by atoms with Crippen molar-refractivity contribution in [3.8, 4) is 0 Å². The molecule has 0 amide bonds. The predicted molar refractivity (Wildman–Crippen MR) is 79.1 cm³/mol. The number of aliphatic hydroxyl groups excluding tert-OH is 1. The number of ether oxygens (including phenoxy) is 1. The zero-order valence-corrected chi connectivity index (χ0v) is 12.4. The summed E-state index contributed by atoms with van der Waals surface area (Å²) in [5.41, 5.74) is 5.59. The third-order valence-electron chi connectivity index (χ3n) is 4.45. The minimum absolute atomic E-state index is 0.131. The van der Waals surface area contributed by atoms with Gasteiger partial charge in [-0.3, -0.25) is 0 Å². The summed E-state index contributed by atoms with van der Waals surface area (Å²) in [5.74, 6) is 1.24. The average molecular weight is 294 g/mol. The van der Waals surface area contributed by atoms with Crippen LogP contribution in [0.5, 0.6) is 0 Å². The van der Waals surface area contributed by atoms with E-state index < -0.39 is 0 Å². The molecule has 3 rings (SSSR count). The molecule has 21 heavy (non-hydrogen) atoms. The second kappa shape index (κ2) is 5.27. The monoisotopic (exact) mass is 294 g/mol. The molecule has 116 valence electrons. The van der Waals surface area contributed by atoms with Gasteiger partial charge in [0.25, 0.3) is 0 Å². The van der Waals surface area contributed by atoms with E-state index in [1.807, 2.05) is 18.7 Å². The van der Waals surface area contributed by atoms with E-state index in [0.29, 0.717) is 31.5 Å². The van der Waals surface area contributed by atoms with Crippen LogP contribution < -0.4 is 16.0 Å². The molecule has 2 heterocycles. The Labute approximate surface area is 123 Å². The second-order valence-corrected chi connectivity index (χ2v) is 6.19. The standard InChI is InChI=1S/C13H22N6O2/c1-13(2)8(7-9(13)20)15-11-16-10(14)17-12(18-11)19-3-5-21-6-4-19/h8-9,20H,3-7H2,1-2H3,(H3,14,15,16,17,18). The second-order valence-electron chi connectivity index (χ2n) is 6.19. The van der Waals surface area contributed by atoms with Crippen LogP contribution in [-0.4, -0.2) is 58.5 Å². The Morgan fingerprint density at radius 2 is 2.00 bits per heavy atom. The van der Waals surface area contributed by atoms with Crippen LogP contribution in [0.2, 0.25) is 0 Å². The zero-order valence-electron chi connectivity index (χ0n) is 12.4. The lowest BCUT2D eigenvalue weighted by molar-refractivity contribution is -0.0512. The van der Waals surface area contributed by atoms with Crippen LogP contribution in [0.1, 0.15) is 20.3 Å². The lowest BCUT2D eigenvalue weighted by atomic mass is 9.65. The molecule has 0 spiro atoms. The fourth-order valence-corrected chi connectivity index (χ4v) is 2.65. The highest BCUT2D eigenvalue weighted by Gasteiger charge is 2.47. The van der Waals surface area contributed by atoms with Crippen molar-refractivity contribution in [3.63, 3.8) is 0 Å². The van der Waals surface area contributed by atoms with Gasteiger partial charge >= 0.3 is 0 Å². The van der Waals surface area contributed by atoms with Crippen LogP contribution in [0.25, 0.3) is 0 Å². The number of morpholine rings is 1. The van der Waals surface area contributed by atoms with E-state index in [4.69, 9.17) is 10.5 Å². The highest BCUT2D eigenvalue weighted by molar-refractivity contribution is 5.43. The molecule has 8 nitrogen and oxygen atoms in total. The van der Waals surface area contributed by atoms with E-state index in [-0.39, 0.29) is 23.5 Å². The van der Waals surface area contributed by atoms with Crippen molar-refractivity contribution in [3.05, 3.63) is 0 Å². The molecule has 1 aromatic heterocycles. The quantitative estimate of drug-likeness (QED) is 0.707. The topological polar surface area (TPSA) is 109 Å². The molecule has 2 unspecified atom stereocenters. The van der Waals surface area contributed by atoms with Gasteiger partial charge in [-0.1, -0.05) is 13.8 Å². The Balaban J connectivity index is 1.75. The number of aliphatic hydroxyl groups is 1. The molecule has 1 saturated carbocycles. The Bertz CT molecular complexity index is 517. The molecule has 0 bridgehead atoms. The average Bonchev–Trinajstić information content (AvgIpc) is 2.47. The normalized spacial score (nSPS) is 28.0. The van der Waals surface area contributed by atoms with Crippen LogP contribution in [0.15, 0.2) is 0 Å². The Morgan fingerprint density at radius 3 is 2.62 bits per heavy atom. The first kappa shape index (κ1) is 14.3. The summed E-state index contributed by atoms with van der Waals surface area (Å²) in [6.45, 7) is 6.86. The van der Waals surface area contributed by atoms with Crippen molar-refractivity contribution >= 4 is 17.8 Å². The van der Waals surface area contributed by atoms with Crippen LogP contribution in [0.3, 0.4) is 0 Å². The number of hydrogen-bond donors (Lipinski definition) is 3. The van der Waals surface area contributed by atoms with Gasteiger partial charge in [0.1, 0.15) is 0 Å². The summed E-state index contributed by atoms with van der Waals surface area (Å²) < 4.78 is 5.32. The smallest absolute Gasteiger partial charge is 0.232 e. The SMILES string of the molecule is CC1(C)C(O)CC1Nc1nc(N)nc(N2CCOCC2)n1. The molecule has 4 N–H and O–H groups in total. The van der Waals surface area contributed by atoms with Gasteiger partial charge in [0.15, 0.2) is 0 Å². The van der Waals surface area contributed by atoms with Gasteiger partial charge < -0.3 is 25.8 Å². The first-order valence-electron chi connectivity index (χ1n) is 7.25. The fraction of sp³-hybridized carbons (Fsp3) is 0.769. The fourth-order valence-electron chi connectivity index (χ4n) is 2.65. The highest BCUT2D eigenvalue weighted by atomic mass is 16.5. The molecule has 1 saturated heterocycles. The molecule has 0 radical (unpaired) electrons. The van der Waals surface area contributed by atoms with Gasteiger partial charge in [-0.25, -0.2) is 0 Å². The molecular weight excluding hydrogens is 272 g/mol. The third-order valence-corrected chi connectivity index (χ3v) is 4.45. The number of anilines is 3. The first-order chi connectivity index (χ1) is 9.96. The molecule has 0 aromatic carbocycles. The van der Waals surface area contributed by atoms with Crippen molar-refractivity contribution in [2.24, 2.45) is 5.41 Å². The Morgan fingerprint density at radius 1 is 1.29 bits per heavy atom. The summed E-state index contributed by atoms with van der Waals surface area (Å²) in [6, 6.07) is 0.131. The molecule has 2 aliphatic rings. The number of hydrogen-bond acceptors (Lipinski definition) is 8. The van der Waals surface area contributed by atoms with E-state index in [9.17, 15) is 5.11 Å². The van der Waals surface area contributed by atoms with E-state index in [0.717, 1.165) is 13.1 Å². The maximum Gasteiger partial charge on any atom is 0.232 e. The molecule has 1 aliphatic heterocycles. The van der Waals surface area contributed by atoms with Crippen LogP contribution >= 0.6 is 0 Å². The molecule has 1 aromatic rings. The molecule has 1 aliphatic carbocycles. The molecule has 8 heteroatoms. The largest absolute Gasteiger partial charge is 0.392 e. The van der Waals surface area contributed by atoms with Gasteiger partial charge in [0.05, 0.1) is 19.3 Å². The van der Waals surface area contributed by atoms with Gasteiger partial charge in [0.2, 0.25) is 17.8 Å². The van der Waals surface area contributed by atoms with Crippen molar-refractivity contribution in [1.82, 2.24) is 15.0 Å². The van der Waals surface area contributed by atoms with Gasteiger partial charge in [-0.2, -0.15) is 15.0 Å². The maximum atomic E-state index is 9.80. The number of nitrogens with one attached hydrogen (secondary N) is 1. The van der Waals surface area contributed by atoms with Crippen molar-refractivity contribution in [2.45, 2.75) is 32.4 Å². The molecule has 2 fully saturated rings. The van der Waals surface area contributed by atoms with Crippen LogP contribution in [0, 0.1) is 5.41 Å². The van der Waals surface area contributed by atoms with E-state index in [1.54, 1.807) is 0 Å². The lowest BCUT2D eigenvalue weighted by Gasteiger charge is -2.49. The first-order valence-corrected chi connectivity index (χ1v) is 7.25. The van der Waals surface area contributed by atoms with Crippen molar-refractivity contribution in [1.29, 1.82) is 0 Å². The third kappa shape index (κ3) is 2.73. The summed E-state index contributed by atoms with van der Waals surface area (Å²) in [5, 5.41) is 13.1. The van der Waals surface area contributed by atoms with E-state index >= 15 is 0 Å². The van der Waals surface area contributed by atoms with Crippen molar-refractivity contribution in [2.75, 3.05) is 42.3 Å². The minimum atomic E-state index is -0.298. The predicted octanol–water partition coefficient (Wildman–Crippen LogP) is -0.138. The highest BCUT2D eigenvalue weighted by Crippen LogP contribution is 2.41. The van der Waals surface area contributed by atoms with E-state index in [2.05, 4.69) is 20.3 Å². The number of nitrogens with zero attached hydrogens (tertiary/aromatic N) is 4. The summed E-state index contributed by atoms with van der Waals surface area (Å²) in [7, 11) is 0. The van der Waals surface area contributed by atoms with Crippen LogP contribution in [0.4, 0.5) is 17.8 Å². The number of nitrogens with two attached hydrogens (primary N) is 1.